The molecule has 0 radical (unpaired) electrons. The van der Waals surface area contributed by atoms with Crippen LogP contribution >= 0.6 is 0 Å². The summed E-state index contributed by atoms with van der Waals surface area (Å²) in [4.78, 5) is 32.1. The van der Waals surface area contributed by atoms with Crippen molar-refractivity contribution in [2.45, 2.75) is 13.1 Å². The normalized spacial score (nSPS) is 12.0. The minimum absolute atomic E-state index is 0.0555. The molecule has 27 heavy (non-hydrogen) atoms. The number of hydrogen-bond donors (Lipinski definition) is 1. The standard InChI is InChI=1S/C19H12F3N3O2/c1-10-13(19(20,21)22)6-7-14-16(10)17(26)25(18(27)24-14)15-9-23-8-11-4-2-3-5-12(11)15/h2-9H,1H3,(H,24,27). The zero-order chi connectivity index (χ0) is 19.3. The molecule has 4 aromatic rings. The second-order valence-electron chi connectivity index (χ2n) is 6.11. The summed E-state index contributed by atoms with van der Waals surface area (Å²) in [5.41, 5.74) is -2.46. The van der Waals surface area contributed by atoms with Crippen LogP contribution in [0, 0.1) is 6.92 Å². The van der Waals surface area contributed by atoms with E-state index in [1.165, 1.54) is 13.1 Å². The number of aryl methyl sites for hydroxylation is 1. The Labute approximate surface area is 149 Å². The Morgan fingerprint density at radius 2 is 1.78 bits per heavy atom. The number of nitrogens with one attached hydrogen (secondary N) is 1. The molecule has 136 valence electrons. The highest BCUT2D eigenvalue weighted by atomic mass is 19.4. The van der Waals surface area contributed by atoms with Crippen molar-refractivity contribution in [3.05, 3.63) is 80.8 Å². The molecule has 0 fully saturated rings. The summed E-state index contributed by atoms with van der Waals surface area (Å²) in [7, 11) is 0. The third-order valence-corrected chi connectivity index (χ3v) is 4.52. The molecule has 1 N–H and O–H groups in total. The summed E-state index contributed by atoms with van der Waals surface area (Å²) < 4.78 is 40.5. The summed E-state index contributed by atoms with van der Waals surface area (Å²) in [6.07, 6.45) is -1.69. The molecule has 0 aliphatic rings. The van der Waals surface area contributed by atoms with Crippen molar-refractivity contribution in [3.8, 4) is 5.69 Å². The molecule has 2 aromatic carbocycles. The lowest BCUT2D eigenvalue weighted by atomic mass is 10.0. The molecule has 2 aromatic heterocycles. The van der Waals surface area contributed by atoms with Crippen molar-refractivity contribution in [1.82, 2.24) is 14.5 Å². The van der Waals surface area contributed by atoms with Gasteiger partial charge in [0.05, 0.1) is 28.4 Å². The van der Waals surface area contributed by atoms with E-state index >= 15 is 0 Å². The van der Waals surface area contributed by atoms with E-state index in [1.807, 2.05) is 0 Å². The lowest BCUT2D eigenvalue weighted by Gasteiger charge is -2.14. The molecular formula is C19H12F3N3O2. The van der Waals surface area contributed by atoms with Gasteiger partial charge < -0.3 is 4.98 Å². The zero-order valence-corrected chi connectivity index (χ0v) is 14.0. The fraction of sp³-hybridized carbons (Fsp3) is 0.105. The first-order valence-electron chi connectivity index (χ1n) is 7.98. The average molecular weight is 371 g/mol. The largest absolute Gasteiger partial charge is 0.416 e. The molecule has 4 rings (SSSR count). The molecule has 0 aliphatic heterocycles. The molecule has 0 bridgehead atoms. The van der Waals surface area contributed by atoms with Crippen LogP contribution < -0.4 is 11.2 Å². The lowest BCUT2D eigenvalue weighted by Crippen LogP contribution is -2.34. The zero-order valence-electron chi connectivity index (χ0n) is 14.0. The second kappa shape index (κ2) is 5.80. The average Bonchev–Trinajstić information content (AvgIpc) is 2.60. The van der Waals surface area contributed by atoms with Crippen molar-refractivity contribution in [1.29, 1.82) is 0 Å². The number of aromatic amines is 1. The molecule has 0 aliphatic carbocycles. The Morgan fingerprint density at radius 1 is 1.04 bits per heavy atom. The van der Waals surface area contributed by atoms with Gasteiger partial charge in [0.2, 0.25) is 0 Å². The van der Waals surface area contributed by atoms with Gasteiger partial charge in [0.1, 0.15) is 0 Å². The van der Waals surface area contributed by atoms with Gasteiger partial charge in [-0.3, -0.25) is 9.78 Å². The Hall–Kier alpha value is -3.42. The van der Waals surface area contributed by atoms with Crippen LogP contribution in [0.5, 0.6) is 0 Å². The summed E-state index contributed by atoms with van der Waals surface area (Å²) >= 11 is 0. The molecule has 0 amide bonds. The van der Waals surface area contributed by atoms with Gasteiger partial charge in [0.15, 0.2) is 0 Å². The molecule has 0 saturated heterocycles. The third-order valence-electron chi connectivity index (χ3n) is 4.52. The van der Waals surface area contributed by atoms with Gasteiger partial charge in [-0.25, -0.2) is 9.36 Å². The van der Waals surface area contributed by atoms with Gasteiger partial charge in [-0.05, 0) is 24.6 Å². The Kier molecular flexibility index (Phi) is 3.66. The fourth-order valence-electron chi connectivity index (χ4n) is 3.27. The maximum Gasteiger partial charge on any atom is 0.416 e. The Morgan fingerprint density at radius 3 is 2.52 bits per heavy atom. The number of halogens is 3. The van der Waals surface area contributed by atoms with Gasteiger partial charge >= 0.3 is 11.9 Å². The first-order chi connectivity index (χ1) is 12.8. The minimum Gasteiger partial charge on any atom is -0.306 e. The summed E-state index contributed by atoms with van der Waals surface area (Å²) in [5.74, 6) is 0. The quantitative estimate of drug-likeness (QED) is 0.556. The van der Waals surface area contributed by atoms with Crippen LogP contribution in [0.2, 0.25) is 0 Å². The molecule has 8 heteroatoms. The van der Waals surface area contributed by atoms with E-state index in [1.54, 1.807) is 30.5 Å². The van der Waals surface area contributed by atoms with Crippen LogP contribution in [0.3, 0.4) is 0 Å². The highest BCUT2D eigenvalue weighted by molar-refractivity contribution is 5.90. The van der Waals surface area contributed by atoms with Crippen LogP contribution in [0.15, 0.2) is 58.4 Å². The summed E-state index contributed by atoms with van der Waals surface area (Å²) in [6.45, 7) is 1.22. The number of rotatable bonds is 1. The third kappa shape index (κ3) is 2.61. The van der Waals surface area contributed by atoms with Crippen molar-refractivity contribution < 1.29 is 13.2 Å². The van der Waals surface area contributed by atoms with E-state index in [2.05, 4.69) is 9.97 Å². The van der Waals surface area contributed by atoms with Gasteiger partial charge in [-0.1, -0.05) is 24.3 Å². The molecule has 0 spiro atoms. The monoisotopic (exact) mass is 371 g/mol. The van der Waals surface area contributed by atoms with E-state index < -0.39 is 23.0 Å². The number of fused-ring (bicyclic) bond motifs is 2. The van der Waals surface area contributed by atoms with E-state index in [9.17, 15) is 22.8 Å². The maximum absolute atomic E-state index is 13.2. The van der Waals surface area contributed by atoms with Crippen molar-refractivity contribution in [3.63, 3.8) is 0 Å². The van der Waals surface area contributed by atoms with Gasteiger partial charge in [-0.15, -0.1) is 0 Å². The van der Waals surface area contributed by atoms with Crippen LogP contribution in [-0.2, 0) is 6.18 Å². The van der Waals surface area contributed by atoms with Crippen LogP contribution in [0.25, 0.3) is 27.4 Å². The fourth-order valence-corrected chi connectivity index (χ4v) is 3.27. The topological polar surface area (TPSA) is 67.8 Å². The number of nitrogens with zero attached hydrogens (tertiary/aromatic N) is 2. The number of H-pyrrole nitrogens is 1. The van der Waals surface area contributed by atoms with E-state index in [4.69, 9.17) is 0 Å². The van der Waals surface area contributed by atoms with Crippen molar-refractivity contribution in [2.75, 3.05) is 0 Å². The molecule has 0 unspecified atom stereocenters. The lowest BCUT2D eigenvalue weighted by molar-refractivity contribution is -0.137. The SMILES string of the molecule is Cc1c(C(F)(F)F)ccc2[nH]c(=O)n(-c3cncc4ccccc34)c(=O)c12. The van der Waals surface area contributed by atoms with Gasteiger partial charge in [0, 0.05) is 17.0 Å². The Balaban J connectivity index is 2.15. The van der Waals surface area contributed by atoms with Crippen molar-refractivity contribution in [2.24, 2.45) is 0 Å². The van der Waals surface area contributed by atoms with E-state index in [-0.39, 0.29) is 22.2 Å². The number of benzene rings is 2. The van der Waals surface area contributed by atoms with Gasteiger partial charge in [-0.2, -0.15) is 13.2 Å². The predicted molar refractivity (Wildman–Crippen MR) is 95.2 cm³/mol. The van der Waals surface area contributed by atoms with Crippen LogP contribution in [0.4, 0.5) is 13.2 Å². The summed E-state index contributed by atoms with van der Waals surface area (Å²) in [6, 6.07) is 8.94. The van der Waals surface area contributed by atoms with Crippen molar-refractivity contribution >= 4 is 21.7 Å². The molecule has 5 nitrogen and oxygen atoms in total. The van der Waals surface area contributed by atoms with Gasteiger partial charge in [0.25, 0.3) is 5.56 Å². The first kappa shape index (κ1) is 17.0. The molecule has 2 heterocycles. The van der Waals surface area contributed by atoms with E-state index in [0.29, 0.717) is 10.8 Å². The second-order valence-corrected chi connectivity index (χ2v) is 6.11. The minimum atomic E-state index is -4.60. The number of alkyl halides is 3. The number of hydrogen-bond acceptors (Lipinski definition) is 3. The summed E-state index contributed by atoms with van der Waals surface area (Å²) in [5, 5.41) is 1.10. The predicted octanol–water partition coefficient (Wildman–Crippen LogP) is 3.55. The number of pyridine rings is 1. The van der Waals surface area contributed by atoms with E-state index in [0.717, 1.165) is 16.7 Å². The maximum atomic E-state index is 13.2. The highest BCUT2D eigenvalue weighted by Gasteiger charge is 2.33. The molecule has 0 atom stereocenters. The van der Waals surface area contributed by atoms with Crippen LogP contribution in [-0.4, -0.2) is 14.5 Å². The Bertz CT molecular complexity index is 1310. The molecular weight excluding hydrogens is 359 g/mol. The smallest absolute Gasteiger partial charge is 0.306 e. The number of aromatic nitrogens is 3. The highest BCUT2D eigenvalue weighted by Crippen LogP contribution is 2.33. The molecule has 0 saturated carbocycles. The van der Waals surface area contributed by atoms with Crippen LogP contribution in [0.1, 0.15) is 11.1 Å². The first-order valence-corrected chi connectivity index (χ1v) is 7.98.